The Morgan fingerprint density at radius 1 is 1.36 bits per heavy atom. The Hall–Kier alpha value is -0.0800. The highest BCUT2D eigenvalue weighted by Crippen LogP contribution is 2.29. The molecule has 0 radical (unpaired) electrons. The molecule has 1 fully saturated rings. The summed E-state index contributed by atoms with van der Waals surface area (Å²) in [5, 5.41) is 9.36. The Balaban J connectivity index is 2.46. The molecule has 66 valence electrons. The Kier molecular flexibility index (Phi) is 2.55. The van der Waals surface area contributed by atoms with Gasteiger partial charge in [0.05, 0.1) is 12.2 Å². The number of aliphatic hydroxyl groups excluding tert-OH is 1. The van der Waals surface area contributed by atoms with Gasteiger partial charge in [-0.2, -0.15) is 0 Å². The molecule has 1 heterocycles. The highest BCUT2D eigenvalue weighted by atomic mass is 16.5. The average Bonchev–Trinajstić information content (AvgIpc) is 1.86. The molecule has 0 amide bonds. The molecular formula is C9H18O2. The molecule has 0 unspecified atom stereocenters. The topological polar surface area (TPSA) is 29.5 Å². The van der Waals surface area contributed by atoms with E-state index in [0.29, 0.717) is 6.61 Å². The van der Waals surface area contributed by atoms with Gasteiger partial charge >= 0.3 is 0 Å². The Bertz CT molecular complexity index is 126. The second kappa shape index (κ2) is 3.11. The van der Waals surface area contributed by atoms with Gasteiger partial charge in [0.15, 0.2) is 0 Å². The first-order valence-electron chi connectivity index (χ1n) is 4.30. The molecule has 1 saturated heterocycles. The van der Waals surface area contributed by atoms with Gasteiger partial charge in [0.25, 0.3) is 0 Å². The summed E-state index contributed by atoms with van der Waals surface area (Å²) < 4.78 is 5.55. The first-order chi connectivity index (χ1) is 5.00. The molecule has 1 aliphatic heterocycles. The van der Waals surface area contributed by atoms with Crippen molar-refractivity contribution in [3.05, 3.63) is 0 Å². The van der Waals surface area contributed by atoms with E-state index in [4.69, 9.17) is 4.74 Å². The summed E-state index contributed by atoms with van der Waals surface area (Å²) in [5.74, 6) is 0. The number of aliphatic hydroxyl groups is 1. The zero-order chi connectivity index (χ0) is 8.48. The van der Waals surface area contributed by atoms with Crippen LogP contribution in [-0.4, -0.2) is 23.9 Å². The lowest BCUT2D eigenvalue weighted by Crippen LogP contribution is -2.37. The van der Waals surface area contributed by atoms with Crippen LogP contribution in [-0.2, 0) is 4.74 Å². The molecule has 1 N–H and O–H groups in total. The van der Waals surface area contributed by atoms with Gasteiger partial charge < -0.3 is 9.84 Å². The normalized spacial score (nSPS) is 33.8. The molecule has 1 rings (SSSR count). The highest BCUT2D eigenvalue weighted by Gasteiger charge is 2.30. The zero-order valence-electron chi connectivity index (χ0n) is 7.63. The maximum Gasteiger partial charge on any atom is 0.0648 e. The van der Waals surface area contributed by atoms with Crippen molar-refractivity contribution >= 4 is 0 Å². The maximum absolute atomic E-state index is 9.36. The Labute approximate surface area is 68.6 Å². The van der Waals surface area contributed by atoms with Crippen LogP contribution in [0.2, 0.25) is 0 Å². The van der Waals surface area contributed by atoms with Crippen LogP contribution in [0.25, 0.3) is 0 Å². The lowest BCUT2D eigenvalue weighted by atomic mass is 9.84. The second-order valence-corrected chi connectivity index (χ2v) is 4.40. The Morgan fingerprint density at radius 3 is 2.36 bits per heavy atom. The lowest BCUT2D eigenvalue weighted by molar-refractivity contribution is -0.0892. The fourth-order valence-corrected chi connectivity index (χ4v) is 1.38. The SMILES string of the molecule is CC(C)(C)[C@@H]1C[C@H](O)CCO1. The molecule has 1 aliphatic rings. The van der Waals surface area contributed by atoms with Gasteiger partial charge in [-0.3, -0.25) is 0 Å². The third-order valence-electron chi connectivity index (χ3n) is 2.22. The second-order valence-electron chi connectivity index (χ2n) is 4.40. The third kappa shape index (κ3) is 2.46. The van der Waals surface area contributed by atoms with Crippen molar-refractivity contribution in [1.82, 2.24) is 0 Å². The quantitative estimate of drug-likeness (QED) is 0.580. The third-order valence-corrected chi connectivity index (χ3v) is 2.22. The van der Waals surface area contributed by atoms with Gasteiger partial charge in [-0.25, -0.2) is 0 Å². The maximum atomic E-state index is 9.36. The monoisotopic (exact) mass is 158 g/mol. The lowest BCUT2D eigenvalue weighted by Gasteiger charge is -2.35. The van der Waals surface area contributed by atoms with Crippen molar-refractivity contribution in [2.24, 2.45) is 5.41 Å². The molecule has 2 heteroatoms. The van der Waals surface area contributed by atoms with Crippen molar-refractivity contribution in [3.8, 4) is 0 Å². The van der Waals surface area contributed by atoms with Gasteiger partial charge in [-0.05, 0) is 11.8 Å². The van der Waals surface area contributed by atoms with E-state index in [1.807, 2.05) is 0 Å². The molecule has 0 aromatic heterocycles. The number of hydrogen-bond acceptors (Lipinski definition) is 2. The van der Waals surface area contributed by atoms with Crippen molar-refractivity contribution in [1.29, 1.82) is 0 Å². The van der Waals surface area contributed by atoms with Gasteiger partial charge in [-0.15, -0.1) is 0 Å². The number of hydrogen-bond donors (Lipinski definition) is 1. The molecule has 0 aromatic rings. The Morgan fingerprint density at radius 2 is 2.00 bits per heavy atom. The molecule has 11 heavy (non-hydrogen) atoms. The van der Waals surface area contributed by atoms with Crippen molar-refractivity contribution in [2.45, 2.75) is 45.8 Å². The molecule has 0 bridgehead atoms. The van der Waals surface area contributed by atoms with E-state index in [1.54, 1.807) is 0 Å². The molecule has 2 nitrogen and oxygen atoms in total. The van der Waals surface area contributed by atoms with Crippen LogP contribution in [0.5, 0.6) is 0 Å². The molecular weight excluding hydrogens is 140 g/mol. The van der Waals surface area contributed by atoms with Crippen LogP contribution >= 0.6 is 0 Å². The minimum Gasteiger partial charge on any atom is -0.393 e. The minimum absolute atomic E-state index is 0.145. The van der Waals surface area contributed by atoms with Crippen molar-refractivity contribution in [2.75, 3.05) is 6.61 Å². The summed E-state index contributed by atoms with van der Waals surface area (Å²) in [6.07, 6.45) is 1.68. The summed E-state index contributed by atoms with van der Waals surface area (Å²) >= 11 is 0. The summed E-state index contributed by atoms with van der Waals surface area (Å²) in [6, 6.07) is 0. The largest absolute Gasteiger partial charge is 0.393 e. The standard InChI is InChI=1S/C9H18O2/c1-9(2,3)8-6-7(10)4-5-11-8/h7-8,10H,4-6H2,1-3H3/t7-,8+/m1/s1. The van der Waals surface area contributed by atoms with Gasteiger partial charge in [0, 0.05) is 13.0 Å². The average molecular weight is 158 g/mol. The fraction of sp³-hybridized carbons (Fsp3) is 1.00. The first-order valence-corrected chi connectivity index (χ1v) is 4.30. The summed E-state index contributed by atoms with van der Waals surface area (Å²) in [5.41, 5.74) is 0.168. The van der Waals surface area contributed by atoms with E-state index in [9.17, 15) is 5.11 Å². The molecule has 2 atom stereocenters. The molecule has 0 aliphatic carbocycles. The molecule has 0 spiro atoms. The molecule has 0 saturated carbocycles. The predicted octanol–water partition coefficient (Wildman–Crippen LogP) is 1.57. The van der Waals surface area contributed by atoms with Crippen LogP contribution in [0.1, 0.15) is 33.6 Å². The van der Waals surface area contributed by atoms with E-state index in [-0.39, 0.29) is 17.6 Å². The fourth-order valence-electron chi connectivity index (χ4n) is 1.38. The summed E-state index contributed by atoms with van der Waals surface area (Å²) in [7, 11) is 0. The zero-order valence-corrected chi connectivity index (χ0v) is 7.63. The van der Waals surface area contributed by atoms with E-state index in [1.165, 1.54) is 0 Å². The highest BCUT2D eigenvalue weighted by molar-refractivity contribution is 4.80. The van der Waals surface area contributed by atoms with E-state index in [2.05, 4.69) is 20.8 Å². The number of ether oxygens (including phenoxy) is 1. The van der Waals surface area contributed by atoms with E-state index >= 15 is 0 Å². The van der Waals surface area contributed by atoms with Gasteiger partial charge in [-0.1, -0.05) is 20.8 Å². The summed E-state index contributed by atoms with van der Waals surface area (Å²) in [4.78, 5) is 0. The van der Waals surface area contributed by atoms with E-state index in [0.717, 1.165) is 12.8 Å². The first kappa shape index (κ1) is 9.01. The minimum atomic E-state index is -0.145. The van der Waals surface area contributed by atoms with Crippen LogP contribution < -0.4 is 0 Å². The molecule has 0 aromatic carbocycles. The van der Waals surface area contributed by atoms with Crippen molar-refractivity contribution in [3.63, 3.8) is 0 Å². The van der Waals surface area contributed by atoms with Crippen LogP contribution in [0.15, 0.2) is 0 Å². The smallest absolute Gasteiger partial charge is 0.0648 e. The van der Waals surface area contributed by atoms with Crippen LogP contribution in [0.3, 0.4) is 0 Å². The van der Waals surface area contributed by atoms with Gasteiger partial charge in [0.1, 0.15) is 0 Å². The van der Waals surface area contributed by atoms with Crippen LogP contribution in [0.4, 0.5) is 0 Å². The predicted molar refractivity (Wildman–Crippen MR) is 44.4 cm³/mol. The van der Waals surface area contributed by atoms with Gasteiger partial charge in [0.2, 0.25) is 0 Å². The van der Waals surface area contributed by atoms with Crippen LogP contribution in [0, 0.1) is 5.41 Å². The van der Waals surface area contributed by atoms with E-state index < -0.39 is 0 Å². The summed E-state index contributed by atoms with van der Waals surface area (Å²) in [6.45, 7) is 7.16. The number of rotatable bonds is 0. The van der Waals surface area contributed by atoms with Crippen molar-refractivity contribution < 1.29 is 9.84 Å².